The first-order valence-corrected chi connectivity index (χ1v) is 5.52. The summed E-state index contributed by atoms with van der Waals surface area (Å²) in [7, 11) is 0. The average Bonchev–Trinajstić information content (AvgIpc) is 2.29. The molecular weight excluding hydrogens is 220 g/mol. The van der Waals surface area contributed by atoms with Crippen molar-refractivity contribution in [3.63, 3.8) is 0 Å². The lowest BCUT2D eigenvalue weighted by Gasteiger charge is -2.21. The Labute approximate surface area is 99.7 Å². The molecule has 1 unspecified atom stereocenters. The molecule has 1 atom stereocenters. The summed E-state index contributed by atoms with van der Waals surface area (Å²) in [5, 5.41) is 0. The van der Waals surface area contributed by atoms with Crippen LogP contribution in [0.15, 0.2) is 12.1 Å². The molecular formula is C12H16N2O3. The normalized spacial score (nSPS) is 15.4. The summed E-state index contributed by atoms with van der Waals surface area (Å²) in [6, 6.07) is 3.10. The number of carbonyl (C=O) groups excluding carboxylic acids is 1. The molecule has 92 valence electrons. The summed E-state index contributed by atoms with van der Waals surface area (Å²) in [5.74, 6) is 0.943. The molecule has 1 heterocycles. The molecule has 2 rings (SSSR count). The number of carbonyl (C=O) groups is 1. The first kappa shape index (κ1) is 11.7. The third-order valence-electron chi connectivity index (χ3n) is 2.81. The number of ether oxygens (including phenoxy) is 2. The van der Waals surface area contributed by atoms with E-state index in [0.29, 0.717) is 25.4 Å². The molecule has 1 aliphatic heterocycles. The van der Waals surface area contributed by atoms with Crippen molar-refractivity contribution < 1.29 is 14.3 Å². The van der Waals surface area contributed by atoms with Gasteiger partial charge < -0.3 is 20.9 Å². The summed E-state index contributed by atoms with van der Waals surface area (Å²) in [5.41, 5.74) is 12.8. The van der Waals surface area contributed by atoms with Gasteiger partial charge in [0.2, 0.25) is 5.91 Å². The van der Waals surface area contributed by atoms with Crippen molar-refractivity contribution in [3.8, 4) is 11.5 Å². The number of nitrogens with two attached hydrogens (primary N) is 2. The molecule has 0 aromatic heterocycles. The number of benzene rings is 1. The minimum absolute atomic E-state index is 0.414. The minimum atomic E-state index is -0.670. The molecule has 5 heteroatoms. The van der Waals surface area contributed by atoms with Crippen LogP contribution in [-0.4, -0.2) is 25.2 Å². The van der Waals surface area contributed by atoms with Crippen LogP contribution in [0.2, 0.25) is 0 Å². The molecule has 4 N–H and O–H groups in total. The number of aryl methyl sites for hydroxylation is 1. The first-order chi connectivity index (χ1) is 8.08. The van der Waals surface area contributed by atoms with Gasteiger partial charge in [-0.05, 0) is 36.6 Å². The Morgan fingerprint density at radius 3 is 2.53 bits per heavy atom. The molecule has 1 aromatic rings. The summed E-state index contributed by atoms with van der Waals surface area (Å²) in [4.78, 5) is 10.9. The summed E-state index contributed by atoms with van der Waals surface area (Å²) in [6.07, 6.45) is 0.414. The quantitative estimate of drug-likeness (QED) is 0.780. The molecule has 1 aliphatic rings. The topological polar surface area (TPSA) is 87.6 Å². The van der Waals surface area contributed by atoms with E-state index in [-0.39, 0.29) is 0 Å². The summed E-state index contributed by atoms with van der Waals surface area (Å²) < 4.78 is 10.9. The van der Waals surface area contributed by atoms with Crippen LogP contribution in [0.5, 0.6) is 11.5 Å². The highest BCUT2D eigenvalue weighted by Crippen LogP contribution is 2.33. The highest BCUT2D eigenvalue weighted by Gasteiger charge is 2.17. The van der Waals surface area contributed by atoms with E-state index in [4.69, 9.17) is 20.9 Å². The van der Waals surface area contributed by atoms with Gasteiger partial charge in [0, 0.05) is 0 Å². The van der Waals surface area contributed by atoms with E-state index in [1.54, 1.807) is 0 Å². The van der Waals surface area contributed by atoms with E-state index < -0.39 is 11.9 Å². The van der Waals surface area contributed by atoms with Gasteiger partial charge in [-0.3, -0.25) is 4.79 Å². The molecule has 0 radical (unpaired) electrons. The predicted octanol–water partition coefficient (Wildman–Crippen LogP) is 0.121. The second-order valence-electron chi connectivity index (χ2n) is 4.14. The number of rotatable bonds is 3. The highest BCUT2D eigenvalue weighted by molar-refractivity contribution is 5.80. The van der Waals surface area contributed by atoms with Crippen LogP contribution in [0.3, 0.4) is 0 Å². The van der Waals surface area contributed by atoms with Gasteiger partial charge in [0.15, 0.2) is 11.5 Å². The molecule has 0 saturated carbocycles. The van der Waals surface area contributed by atoms with Crippen molar-refractivity contribution >= 4 is 5.91 Å². The van der Waals surface area contributed by atoms with E-state index in [2.05, 4.69) is 0 Å². The molecule has 0 spiro atoms. The first-order valence-electron chi connectivity index (χ1n) is 5.52. The Bertz CT molecular complexity index is 446. The SMILES string of the molecule is Cc1cc2c(cc1CC(N)C(N)=O)OCCO2. The minimum Gasteiger partial charge on any atom is -0.486 e. The van der Waals surface area contributed by atoms with Crippen molar-refractivity contribution in [1.82, 2.24) is 0 Å². The maximum absolute atomic E-state index is 10.9. The maximum atomic E-state index is 10.9. The zero-order valence-corrected chi connectivity index (χ0v) is 9.73. The van der Waals surface area contributed by atoms with Crippen LogP contribution < -0.4 is 20.9 Å². The molecule has 0 bridgehead atoms. The average molecular weight is 236 g/mol. The van der Waals surface area contributed by atoms with Gasteiger partial charge in [-0.25, -0.2) is 0 Å². The largest absolute Gasteiger partial charge is 0.486 e. The van der Waals surface area contributed by atoms with E-state index in [9.17, 15) is 4.79 Å². The Morgan fingerprint density at radius 1 is 1.35 bits per heavy atom. The third kappa shape index (κ3) is 2.50. The molecule has 0 fully saturated rings. The standard InChI is InChI=1S/C12H16N2O3/c1-7-4-10-11(17-3-2-16-10)6-8(7)5-9(13)12(14)15/h4,6,9H,2-3,5,13H2,1H3,(H2,14,15). The van der Waals surface area contributed by atoms with Crippen molar-refractivity contribution in [2.75, 3.05) is 13.2 Å². The monoisotopic (exact) mass is 236 g/mol. The Hall–Kier alpha value is -1.75. The number of hydrogen-bond donors (Lipinski definition) is 2. The van der Waals surface area contributed by atoms with E-state index in [1.165, 1.54) is 0 Å². The van der Waals surface area contributed by atoms with E-state index in [1.807, 2.05) is 19.1 Å². The predicted molar refractivity (Wildman–Crippen MR) is 63.0 cm³/mol. The highest BCUT2D eigenvalue weighted by atomic mass is 16.6. The van der Waals surface area contributed by atoms with Crippen LogP contribution >= 0.6 is 0 Å². The maximum Gasteiger partial charge on any atom is 0.234 e. The molecule has 0 aliphatic carbocycles. The van der Waals surface area contributed by atoms with Crippen molar-refractivity contribution in [2.45, 2.75) is 19.4 Å². The van der Waals surface area contributed by atoms with Crippen LogP contribution in [0.1, 0.15) is 11.1 Å². The zero-order valence-electron chi connectivity index (χ0n) is 9.73. The van der Waals surface area contributed by atoms with E-state index >= 15 is 0 Å². The molecule has 17 heavy (non-hydrogen) atoms. The van der Waals surface area contributed by atoms with Crippen LogP contribution in [0.25, 0.3) is 0 Å². The second-order valence-corrected chi connectivity index (χ2v) is 4.14. The molecule has 1 aromatic carbocycles. The zero-order chi connectivity index (χ0) is 12.4. The van der Waals surface area contributed by atoms with Crippen LogP contribution in [0.4, 0.5) is 0 Å². The van der Waals surface area contributed by atoms with Gasteiger partial charge in [0.25, 0.3) is 0 Å². The van der Waals surface area contributed by atoms with Gasteiger partial charge in [-0.15, -0.1) is 0 Å². The van der Waals surface area contributed by atoms with Crippen molar-refractivity contribution in [1.29, 1.82) is 0 Å². The second kappa shape index (κ2) is 4.63. The van der Waals surface area contributed by atoms with Gasteiger partial charge in [-0.1, -0.05) is 0 Å². The van der Waals surface area contributed by atoms with Crippen LogP contribution in [0, 0.1) is 6.92 Å². The summed E-state index contributed by atoms with van der Waals surface area (Å²) >= 11 is 0. The fourth-order valence-corrected chi connectivity index (χ4v) is 1.79. The third-order valence-corrected chi connectivity index (χ3v) is 2.81. The lowest BCUT2D eigenvalue weighted by molar-refractivity contribution is -0.119. The molecule has 0 saturated heterocycles. The van der Waals surface area contributed by atoms with Gasteiger partial charge in [-0.2, -0.15) is 0 Å². The number of primary amides is 1. The molecule has 5 nitrogen and oxygen atoms in total. The fourth-order valence-electron chi connectivity index (χ4n) is 1.79. The Morgan fingerprint density at radius 2 is 1.94 bits per heavy atom. The van der Waals surface area contributed by atoms with Gasteiger partial charge >= 0.3 is 0 Å². The number of hydrogen-bond acceptors (Lipinski definition) is 4. The lowest BCUT2D eigenvalue weighted by atomic mass is 10.00. The fraction of sp³-hybridized carbons (Fsp3) is 0.417. The Kier molecular flexibility index (Phi) is 3.19. The lowest BCUT2D eigenvalue weighted by Crippen LogP contribution is -2.38. The van der Waals surface area contributed by atoms with E-state index in [0.717, 1.165) is 16.9 Å². The van der Waals surface area contributed by atoms with Gasteiger partial charge in [0.05, 0.1) is 6.04 Å². The van der Waals surface area contributed by atoms with Gasteiger partial charge in [0.1, 0.15) is 13.2 Å². The van der Waals surface area contributed by atoms with Crippen LogP contribution in [-0.2, 0) is 11.2 Å². The number of amides is 1. The molecule has 1 amide bonds. The van der Waals surface area contributed by atoms with Crippen molar-refractivity contribution in [2.24, 2.45) is 11.5 Å². The summed E-state index contributed by atoms with van der Waals surface area (Å²) in [6.45, 7) is 3.05. The van der Waals surface area contributed by atoms with Crippen molar-refractivity contribution in [3.05, 3.63) is 23.3 Å². The smallest absolute Gasteiger partial charge is 0.234 e. The Balaban J connectivity index is 2.25. The number of fused-ring (bicyclic) bond motifs is 1.